The van der Waals surface area contributed by atoms with Crippen molar-refractivity contribution >= 4 is 44.3 Å². The van der Waals surface area contributed by atoms with Gasteiger partial charge in [0.2, 0.25) is 10.0 Å². The van der Waals surface area contributed by atoms with Crippen LogP contribution in [-0.4, -0.2) is 29.8 Å². The van der Waals surface area contributed by atoms with Crippen molar-refractivity contribution in [1.82, 2.24) is 8.96 Å². The Hall–Kier alpha value is -0.990. The number of imidazole rings is 1. The molecule has 0 spiro atoms. The Labute approximate surface area is 128 Å². The van der Waals surface area contributed by atoms with Crippen molar-refractivity contribution in [2.75, 3.05) is 6.26 Å². The van der Waals surface area contributed by atoms with Crippen molar-refractivity contribution in [3.8, 4) is 0 Å². The molecule has 0 aliphatic heterocycles. The predicted molar refractivity (Wildman–Crippen MR) is 74.5 cm³/mol. The van der Waals surface area contributed by atoms with Gasteiger partial charge in [0, 0.05) is 0 Å². The number of fused-ring (bicyclic) bond motifs is 1. The number of aromatic nitrogens is 2. The Morgan fingerprint density at radius 2 is 1.90 bits per heavy atom. The molecule has 1 aromatic heterocycles. The Morgan fingerprint density at radius 3 is 2.38 bits per heavy atom. The van der Waals surface area contributed by atoms with Crippen LogP contribution in [0.4, 0.5) is 13.2 Å². The molecule has 2 rings (SSSR count). The van der Waals surface area contributed by atoms with Gasteiger partial charge >= 0.3 is 6.18 Å². The van der Waals surface area contributed by atoms with E-state index in [2.05, 4.69) is 4.98 Å². The van der Waals surface area contributed by atoms with E-state index in [-0.39, 0.29) is 21.1 Å². The molecular formula is C11H9Cl2F3N2O2S. The highest BCUT2D eigenvalue weighted by Gasteiger charge is 2.33. The van der Waals surface area contributed by atoms with Crippen molar-refractivity contribution in [1.29, 1.82) is 0 Å². The minimum absolute atomic E-state index is 0.0244. The quantitative estimate of drug-likeness (QED) is 0.822. The lowest BCUT2D eigenvalue weighted by molar-refractivity contribution is -0.128. The normalized spacial score (nSPS) is 13.1. The molecule has 2 aromatic rings. The minimum Gasteiger partial charge on any atom is -0.231 e. The predicted octanol–water partition coefficient (Wildman–Crippen LogP) is 3.56. The van der Waals surface area contributed by atoms with Crippen LogP contribution in [0, 0.1) is 6.92 Å². The summed E-state index contributed by atoms with van der Waals surface area (Å²) in [6.45, 7) is 1.51. The smallest absolute Gasteiger partial charge is 0.231 e. The highest BCUT2D eigenvalue weighted by molar-refractivity contribution is 7.89. The number of nitrogens with zero attached hydrogens (tertiary/aromatic N) is 2. The number of aryl methyl sites for hydroxylation is 1. The highest BCUT2D eigenvalue weighted by Crippen LogP contribution is 2.34. The van der Waals surface area contributed by atoms with Gasteiger partial charge in [0.25, 0.3) is 0 Å². The highest BCUT2D eigenvalue weighted by atomic mass is 35.5. The fraction of sp³-hybridized carbons (Fsp3) is 0.364. The van der Waals surface area contributed by atoms with E-state index in [9.17, 15) is 21.6 Å². The van der Waals surface area contributed by atoms with Crippen LogP contribution in [0.25, 0.3) is 11.0 Å². The van der Waals surface area contributed by atoms with Gasteiger partial charge in [-0.1, -0.05) is 23.2 Å². The lowest BCUT2D eigenvalue weighted by atomic mass is 10.2. The molecule has 0 saturated heterocycles. The van der Waals surface area contributed by atoms with Gasteiger partial charge in [-0.25, -0.2) is 17.4 Å². The zero-order chi connectivity index (χ0) is 16.2. The first-order valence-electron chi connectivity index (χ1n) is 5.55. The molecule has 0 radical (unpaired) electrons. The molecule has 0 aliphatic rings. The molecule has 10 heteroatoms. The molecule has 116 valence electrons. The number of hydrogen-bond donors (Lipinski definition) is 0. The molecule has 0 unspecified atom stereocenters. The largest absolute Gasteiger partial charge is 0.396 e. The van der Waals surface area contributed by atoms with Gasteiger partial charge in [0.1, 0.15) is 12.2 Å². The maximum atomic E-state index is 12.6. The zero-order valence-corrected chi connectivity index (χ0v) is 13.1. The molecule has 0 fully saturated rings. The van der Waals surface area contributed by atoms with E-state index >= 15 is 0 Å². The molecule has 4 nitrogen and oxygen atoms in total. The summed E-state index contributed by atoms with van der Waals surface area (Å²) in [7, 11) is -3.98. The second kappa shape index (κ2) is 5.03. The van der Waals surface area contributed by atoms with Crippen LogP contribution in [0.1, 0.15) is 11.4 Å². The summed E-state index contributed by atoms with van der Waals surface area (Å²) in [5, 5.41) is 0.172. The Bertz CT molecular complexity index is 828. The third kappa shape index (κ3) is 3.12. The SMILES string of the molecule is Cc1c(Cl)c(Cl)cc2c1nc(CC(F)(F)F)n2S(C)(=O)=O. The van der Waals surface area contributed by atoms with Gasteiger partial charge in [-0.3, -0.25) is 0 Å². The van der Waals surface area contributed by atoms with Gasteiger partial charge in [-0.15, -0.1) is 0 Å². The van der Waals surface area contributed by atoms with Crippen LogP contribution in [0.5, 0.6) is 0 Å². The van der Waals surface area contributed by atoms with E-state index in [4.69, 9.17) is 23.2 Å². The summed E-state index contributed by atoms with van der Waals surface area (Å²) in [6.07, 6.45) is -5.26. The fourth-order valence-corrected chi connectivity index (χ4v) is 3.37. The van der Waals surface area contributed by atoms with Crippen molar-refractivity contribution in [2.45, 2.75) is 19.5 Å². The summed E-state index contributed by atoms with van der Waals surface area (Å²) in [6, 6.07) is 1.19. The van der Waals surface area contributed by atoms with E-state index in [1.54, 1.807) is 0 Å². The lowest BCUT2D eigenvalue weighted by Gasteiger charge is -2.09. The number of benzene rings is 1. The Kier molecular flexibility index (Phi) is 3.92. The first-order valence-corrected chi connectivity index (χ1v) is 8.15. The van der Waals surface area contributed by atoms with Crippen LogP contribution >= 0.6 is 23.2 Å². The lowest BCUT2D eigenvalue weighted by Crippen LogP contribution is -2.20. The van der Waals surface area contributed by atoms with Gasteiger partial charge in [-0.2, -0.15) is 13.2 Å². The van der Waals surface area contributed by atoms with Gasteiger partial charge in [0.15, 0.2) is 0 Å². The van der Waals surface area contributed by atoms with Crippen molar-refractivity contribution < 1.29 is 21.6 Å². The summed E-state index contributed by atoms with van der Waals surface area (Å²) in [5.41, 5.74) is 0.378. The molecule has 0 aliphatic carbocycles. The summed E-state index contributed by atoms with van der Waals surface area (Å²) >= 11 is 11.8. The van der Waals surface area contributed by atoms with Crippen LogP contribution < -0.4 is 0 Å². The number of alkyl halides is 3. The summed E-state index contributed by atoms with van der Waals surface area (Å²) in [5.74, 6) is -0.624. The first-order chi connectivity index (χ1) is 9.42. The molecular weight excluding hydrogens is 352 g/mol. The Balaban J connectivity index is 2.90. The molecule has 21 heavy (non-hydrogen) atoms. The molecule has 0 saturated carbocycles. The summed E-state index contributed by atoms with van der Waals surface area (Å²) < 4.78 is 61.9. The van der Waals surface area contributed by atoms with Gasteiger partial charge in [-0.05, 0) is 18.6 Å². The van der Waals surface area contributed by atoms with Crippen LogP contribution in [0.3, 0.4) is 0 Å². The molecule has 1 heterocycles. The molecule has 0 amide bonds. The topological polar surface area (TPSA) is 52.0 Å². The fourth-order valence-electron chi connectivity index (χ4n) is 2.00. The van der Waals surface area contributed by atoms with E-state index in [1.165, 1.54) is 13.0 Å². The van der Waals surface area contributed by atoms with Crippen LogP contribution in [0.2, 0.25) is 10.0 Å². The Morgan fingerprint density at radius 1 is 1.33 bits per heavy atom. The van der Waals surface area contributed by atoms with E-state index < -0.39 is 28.4 Å². The molecule has 1 aromatic carbocycles. The monoisotopic (exact) mass is 360 g/mol. The molecule has 0 atom stereocenters. The van der Waals surface area contributed by atoms with E-state index in [1.807, 2.05) is 0 Å². The van der Waals surface area contributed by atoms with E-state index in [0.29, 0.717) is 9.54 Å². The van der Waals surface area contributed by atoms with Gasteiger partial charge < -0.3 is 0 Å². The maximum Gasteiger partial charge on any atom is 0.396 e. The number of halogens is 5. The standard InChI is InChI=1S/C11H9Cl2F3N2O2S/c1-5-9(13)6(12)3-7-10(5)17-8(4-11(14,15)16)18(7)21(2,19)20/h3H,4H2,1-2H3. The minimum atomic E-state index is -4.59. The third-order valence-corrected chi connectivity index (χ3v) is 4.74. The van der Waals surface area contributed by atoms with E-state index in [0.717, 1.165) is 6.26 Å². The number of hydrogen-bond acceptors (Lipinski definition) is 3. The average molecular weight is 361 g/mol. The zero-order valence-electron chi connectivity index (χ0n) is 10.8. The maximum absolute atomic E-state index is 12.6. The number of rotatable bonds is 2. The van der Waals surface area contributed by atoms with Crippen molar-refractivity contribution in [3.63, 3.8) is 0 Å². The first kappa shape index (κ1) is 16.4. The van der Waals surface area contributed by atoms with Crippen LogP contribution in [-0.2, 0) is 16.4 Å². The van der Waals surface area contributed by atoms with Gasteiger partial charge in [0.05, 0.1) is 27.3 Å². The second-order valence-corrected chi connectivity index (χ2v) is 7.13. The second-order valence-electron chi connectivity index (χ2n) is 4.51. The molecule has 0 N–H and O–H groups in total. The third-order valence-electron chi connectivity index (χ3n) is 2.78. The van der Waals surface area contributed by atoms with Crippen molar-refractivity contribution in [2.24, 2.45) is 0 Å². The molecule has 0 bridgehead atoms. The van der Waals surface area contributed by atoms with Crippen LogP contribution in [0.15, 0.2) is 6.07 Å². The summed E-state index contributed by atoms with van der Waals surface area (Å²) in [4.78, 5) is 3.79. The average Bonchev–Trinajstić information content (AvgIpc) is 2.61. The van der Waals surface area contributed by atoms with Crippen molar-refractivity contribution in [3.05, 3.63) is 27.5 Å².